The molecule has 1 rings (SSSR count). The molecule has 1 saturated heterocycles. The van der Waals surface area contributed by atoms with Crippen LogP contribution in [0, 0.1) is 0 Å². The molecule has 100 valence electrons. The molecule has 1 aliphatic heterocycles. The fourth-order valence-electron chi connectivity index (χ4n) is 1.85. The zero-order valence-electron chi connectivity index (χ0n) is 9.74. The van der Waals surface area contributed by atoms with Gasteiger partial charge in [-0.15, -0.1) is 0 Å². The third-order valence-corrected chi connectivity index (χ3v) is 3.09. The summed E-state index contributed by atoms with van der Waals surface area (Å²) in [7, 11) is -1.32. The Balaban J connectivity index is 2.58. The van der Waals surface area contributed by atoms with Crippen LogP contribution in [-0.2, 0) is 18.6 Å². The molecule has 5 atom stereocenters. The van der Waals surface area contributed by atoms with E-state index in [0.29, 0.717) is 19.6 Å². The summed E-state index contributed by atoms with van der Waals surface area (Å²) in [5, 5.41) is 9.10. The first-order chi connectivity index (χ1) is 8.10. The smallest absolute Gasteiger partial charge is 0.317 e. The van der Waals surface area contributed by atoms with Gasteiger partial charge in [0.2, 0.25) is 0 Å². The van der Waals surface area contributed by atoms with E-state index in [-0.39, 0.29) is 12.6 Å². The van der Waals surface area contributed by atoms with Crippen molar-refractivity contribution >= 4 is 16.1 Å². The normalized spacial score (nSPS) is 35.0. The Kier molecular flexibility index (Phi) is 6.65. The summed E-state index contributed by atoms with van der Waals surface area (Å²) in [4.78, 5) is 8.81. The van der Waals surface area contributed by atoms with Gasteiger partial charge in [-0.2, -0.15) is 0 Å². The summed E-state index contributed by atoms with van der Waals surface area (Å²) in [6.07, 6.45) is -1.12. The van der Waals surface area contributed by atoms with Gasteiger partial charge in [-0.05, 0) is 13.0 Å². The molecule has 0 aliphatic carbocycles. The zero-order chi connectivity index (χ0) is 12.8. The Morgan fingerprint density at radius 3 is 2.71 bits per heavy atom. The lowest BCUT2D eigenvalue weighted by atomic mass is 9.93. The molecule has 0 saturated carbocycles. The third-order valence-electron chi connectivity index (χ3n) is 2.62. The van der Waals surface area contributed by atoms with E-state index in [1.165, 1.54) is 0 Å². The summed E-state index contributed by atoms with van der Waals surface area (Å²) in [6.45, 7) is 0.660. The van der Waals surface area contributed by atoms with Crippen molar-refractivity contribution in [1.82, 2.24) is 0 Å². The van der Waals surface area contributed by atoms with E-state index in [9.17, 15) is 4.57 Å². The molecule has 0 spiro atoms. The van der Waals surface area contributed by atoms with Gasteiger partial charge in [0.15, 0.2) is 0 Å². The van der Waals surface area contributed by atoms with Crippen LogP contribution in [-0.4, -0.2) is 61.9 Å². The maximum atomic E-state index is 10.7. The van der Waals surface area contributed by atoms with Gasteiger partial charge in [-0.3, -0.25) is 4.57 Å². The van der Waals surface area contributed by atoms with Gasteiger partial charge in [-0.25, -0.2) is 0 Å². The highest BCUT2D eigenvalue weighted by molar-refractivity contribution is 7.32. The van der Waals surface area contributed by atoms with Crippen molar-refractivity contribution in [2.75, 3.05) is 19.8 Å². The standard InChI is InChI=1S/C8H19BNO6P/c9-8-7(14-3-1-2-10)6(16-17(12)13)5(4-11)15-8/h5-8,11,17H,1-4,9-10H2,(H,12,13)/t5-,6?,7?,8-/m1/s1. The second-order valence-electron chi connectivity index (χ2n) is 3.89. The zero-order valence-corrected chi connectivity index (χ0v) is 10.7. The molecule has 0 radical (unpaired) electrons. The number of hydrogen-bond acceptors (Lipinski definition) is 6. The fraction of sp³-hybridized carbons (Fsp3) is 1.00. The monoisotopic (exact) mass is 267 g/mol. The van der Waals surface area contributed by atoms with Crippen LogP contribution in [0.2, 0.25) is 0 Å². The van der Waals surface area contributed by atoms with Crippen molar-refractivity contribution in [3.05, 3.63) is 0 Å². The number of nitrogens with two attached hydrogens (primary N) is 1. The largest absolute Gasteiger partial charge is 0.394 e. The molecule has 7 nitrogen and oxygen atoms in total. The topological polar surface area (TPSA) is 111 Å². The van der Waals surface area contributed by atoms with Crippen LogP contribution < -0.4 is 5.73 Å². The number of hydrogen-bond donors (Lipinski definition) is 3. The highest BCUT2D eigenvalue weighted by Gasteiger charge is 2.44. The quantitative estimate of drug-likeness (QED) is 0.273. The van der Waals surface area contributed by atoms with Crippen molar-refractivity contribution in [2.45, 2.75) is 30.7 Å². The van der Waals surface area contributed by atoms with Crippen molar-refractivity contribution < 1.29 is 28.6 Å². The molecule has 1 aliphatic rings. The lowest BCUT2D eigenvalue weighted by molar-refractivity contribution is -0.0167. The first-order valence-electron chi connectivity index (χ1n) is 5.57. The van der Waals surface area contributed by atoms with Gasteiger partial charge in [0.25, 0.3) is 0 Å². The van der Waals surface area contributed by atoms with Crippen LogP contribution in [0.5, 0.6) is 0 Å². The number of aliphatic hydroxyl groups is 1. The SMILES string of the molecule is B[C@@H]1O[C@H](CO)C(O[PH](=O)O)C1OCCCN. The average Bonchev–Trinajstić information content (AvgIpc) is 2.56. The molecular formula is C8H19BNO6P. The molecule has 0 bridgehead atoms. The molecule has 0 aromatic carbocycles. The maximum Gasteiger partial charge on any atom is 0.317 e. The van der Waals surface area contributed by atoms with Gasteiger partial charge < -0.3 is 29.7 Å². The van der Waals surface area contributed by atoms with E-state index >= 15 is 0 Å². The van der Waals surface area contributed by atoms with Crippen LogP contribution in [0.15, 0.2) is 0 Å². The summed E-state index contributed by atoms with van der Waals surface area (Å²) in [5.41, 5.74) is 5.35. The number of aliphatic hydroxyl groups excluding tert-OH is 1. The predicted octanol–water partition coefficient (Wildman–Crippen LogP) is -2.16. The first kappa shape index (κ1) is 15.1. The molecule has 0 aromatic heterocycles. The van der Waals surface area contributed by atoms with Crippen LogP contribution in [0.25, 0.3) is 0 Å². The summed E-state index contributed by atoms with van der Waals surface area (Å²) in [5.74, 6) is 0. The molecule has 1 heterocycles. The van der Waals surface area contributed by atoms with Crippen LogP contribution in [0.1, 0.15) is 6.42 Å². The Bertz CT molecular complexity index is 258. The van der Waals surface area contributed by atoms with Crippen LogP contribution in [0.3, 0.4) is 0 Å². The van der Waals surface area contributed by atoms with E-state index in [4.69, 9.17) is 29.7 Å². The lowest BCUT2D eigenvalue weighted by Gasteiger charge is -2.22. The van der Waals surface area contributed by atoms with Gasteiger partial charge in [-0.1, -0.05) is 0 Å². The molecule has 4 N–H and O–H groups in total. The minimum Gasteiger partial charge on any atom is -0.394 e. The number of rotatable bonds is 7. The van der Waals surface area contributed by atoms with Gasteiger partial charge in [0.05, 0.1) is 12.6 Å². The van der Waals surface area contributed by atoms with E-state index in [1.54, 1.807) is 7.85 Å². The Hall–Kier alpha value is 0.0549. The van der Waals surface area contributed by atoms with Crippen molar-refractivity contribution in [3.8, 4) is 0 Å². The van der Waals surface area contributed by atoms with Gasteiger partial charge in [0.1, 0.15) is 26.2 Å². The minimum absolute atomic E-state index is 0.277. The summed E-state index contributed by atoms with van der Waals surface area (Å²) < 4.78 is 26.6. The predicted molar refractivity (Wildman–Crippen MR) is 63.8 cm³/mol. The molecule has 0 aromatic rings. The van der Waals surface area contributed by atoms with Crippen LogP contribution >= 0.6 is 8.25 Å². The van der Waals surface area contributed by atoms with E-state index in [2.05, 4.69) is 0 Å². The fourth-order valence-corrected chi connectivity index (χ4v) is 2.37. The highest BCUT2D eigenvalue weighted by atomic mass is 31.1. The minimum atomic E-state index is -3.09. The molecule has 0 amide bonds. The van der Waals surface area contributed by atoms with E-state index in [0.717, 1.165) is 0 Å². The van der Waals surface area contributed by atoms with Crippen molar-refractivity contribution in [3.63, 3.8) is 0 Å². The lowest BCUT2D eigenvalue weighted by Crippen LogP contribution is -2.38. The maximum absolute atomic E-state index is 10.7. The number of ether oxygens (including phenoxy) is 2. The molecule has 9 heteroatoms. The molecule has 1 fully saturated rings. The van der Waals surface area contributed by atoms with Crippen molar-refractivity contribution in [1.29, 1.82) is 0 Å². The molecule has 3 unspecified atom stereocenters. The Labute approximate surface area is 102 Å². The van der Waals surface area contributed by atoms with E-state index in [1.807, 2.05) is 0 Å². The summed E-state index contributed by atoms with van der Waals surface area (Å²) in [6, 6.07) is -0.295. The van der Waals surface area contributed by atoms with Crippen LogP contribution in [0.4, 0.5) is 0 Å². The third kappa shape index (κ3) is 4.33. The first-order valence-corrected chi connectivity index (χ1v) is 6.84. The Morgan fingerprint density at radius 1 is 1.47 bits per heavy atom. The van der Waals surface area contributed by atoms with Gasteiger partial charge >= 0.3 is 8.25 Å². The average molecular weight is 267 g/mol. The molecular weight excluding hydrogens is 248 g/mol. The second kappa shape index (κ2) is 7.48. The molecule has 17 heavy (non-hydrogen) atoms. The van der Waals surface area contributed by atoms with E-state index < -0.39 is 26.6 Å². The van der Waals surface area contributed by atoms with Gasteiger partial charge in [0, 0.05) is 6.61 Å². The highest BCUT2D eigenvalue weighted by Crippen LogP contribution is 2.31. The Morgan fingerprint density at radius 2 is 2.18 bits per heavy atom. The van der Waals surface area contributed by atoms with Crippen molar-refractivity contribution in [2.24, 2.45) is 5.73 Å². The summed E-state index contributed by atoms with van der Waals surface area (Å²) >= 11 is 0. The second-order valence-corrected chi connectivity index (χ2v) is 4.66.